The summed E-state index contributed by atoms with van der Waals surface area (Å²) in [7, 11) is -2.97. The molecule has 0 radical (unpaired) electrons. The maximum Gasteiger partial charge on any atom is 0.151 e. The number of hydroxylamine groups is 1. The number of nitrogens with one attached hydrogen (secondary N) is 1. The van der Waals surface area contributed by atoms with Crippen LogP contribution in [0.4, 0.5) is 0 Å². The minimum absolute atomic E-state index is 0.0554. The zero-order valence-electron chi connectivity index (χ0n) is 7.90. The fraction of sp³-hybridized carbons (Fsp3) is 0.333. The van der Waals surface area contributed by atoms with Crippen LogP contribution >= 0.6 is 0 Å². The standard InChI is InChI=1S/C9H13NO3S/c1-14(12,13)7-9-4-2-8(3-5-9)6-10-11/h2-5,10-11H,6-7H2,1H3. The van der Waals surface area contributed by atoms with Crippen LogP contribution in [0.2, 0.25) is 0 Å². The number of benzene rings is 1. The third-order valence-electron chi connectivity index (χ3n) is 1.74. The molecule has 14 heavy (non-hydrogen) atoms. The maximum atomic E-state index is 11.0. The topological polar surface area (TPSA) is 66.4 Å². The van der Waals surface area contributed by atoms with E-state index in [-0.39, 0.29) is 5.75 Å². The lowest BCUT2D eigenvalue weighted by atomic mass is 10.1. The average molecular weight is 215 g/mol. The Kier molecular flexibility index (Phi) is 3.62. The average Bonchev–Trinajstić information content (AvgIpc) is 2.06. The van der Waals surface area contributed by atoms with Gasteiger partial charge < -0.3 is 5.21 Å². The predicted molar refractivity (Wildman–Crippen MR) is 53.6 cm³/mol. The number of hydrogen-bond donors (Lipinski definition) is 2. The minimum atomic E-state index is -2.97. The molecule has 0 atom stereocenters. The van der Waals surface area contributed by atoms with E-state index < -0.39 is 9.84 Å². The van der Waals surface area contributed by atoms with Crippen LogP contribution in [0.15, 0.2) is 24.3 Å². The SMILES string of the molecule is CS(=O)(=O)Cc1ccc(CNO)cc1. The lowest BCUT2D eigenvalue weighted by molar-refractivity contribution is 0.161. The zero-order valence-corrected chi connectivity index (χ0v) is 8.71. The van der Waals surface area contributed by atoms with Crippen LogP contribution in [0, 0.1) is 0 Å². The number of rotatable bonds is 4. The molecule has 0 spiro atoms. The van der Waals surface area contributed by atoms with Gasteiger partial charge in [-0.2, -0.15) is 0 Å². The van der Waals surface area contributed by atoms with E-state index in [4.69, 9.17) is 5.21 Å². The third kappa shape index (κ3) is 3.87. The predicted octanol–water partition coefficient (Wildman–Crippen LogP) is 0.710. The first kappa shape index (κ1) is 11.2. The highest BCUT2D eigenvalue weighted by molar-refractivity contribution is 7.89. The van der Waals surface area contributed by atoms with Gasteiger partial charge in [-0.1, -0.05) is 24.3 Å². The van der Waals surface area contributed by atoms with Crippen LogP contribution in [0.25, 0.3) is 0 Å². The summed E-state index contributed by atoms with van der Waals surface area (Å²) in [4.78, 5) is 0. The van der Waals surface area contributed by atoms with Gasteiger partial charge in [0, 0.05) is 12.8 Å². The van der Waals surface area contributed by atoms with Crippen molar-refractivity contribution in [2.75, 3.05) is 6.26 Å². The van der Waals surface area contributed by atoms with E-state index in [2.05, 4.69) is 0 Å². The van der Waals surface area contributed by atoms with Crippen LogP contribution in [0.5, 0.6) is 0 Å². The molecule has 0 aliphatic rings. The number of sulfone groups is 1. The summed E-state index contributed by atoms with van der Waals surface area (Å²) in [5.74, 6) is 0.0554. The van der Waals surface area contributed by atoms with Crippen molar-refractivity contribution in [1.82, 2.24) is 5.48 Å². The molecule has 1 aromatic carbocycles. The Morgan fingerprint density at radius 1 is 1.21 bits per heavy atom. The first-order valence-electron chi connectivity index (χ1n) is 4.14. The fourth-order valence-corrected chi connectivity index (χ4v) is 1.95. The molecule has 0 saturated heterocycles. The summed E-state index contributed by atoms with van der Waals surface area (Å²) in [5, 5.41) is 8.43. The van der Waals surface area contributed by atoms with Gasteiger partial charge in [0.25, 0.3) is 0 Å². The van der Waals surface area contributed by atoms with Crippen molar-refractivity contribution in [3.8, 4) is 0 Å². The first-order valence-corrected chi connectivity index (χ1v) is 6.20. The van der Waals surface area contributed by atoms with Gasteiger partial charge in [-0.15, -0.1) is 0 Å². The van der Waals surface area contributed by atoms with Crippen LogP contribution in [0.3, 0.4) is 0 Å². The fourth-order valence-electron chi connectivity index (χ4n) is 1.15. The summed E-state index contributed by atoms with van der Waals surface area (Å²) in [6.45, 7) is 0.360. The molecule has 0 aliphatic carbocycles. The van der Waals surface area contributed by atoms with Crippen molar-refractivity contribution in [3.63, 3.8) is 0 Å². The Bertz CT molecular complexity index is 383. The Balaban J connectivity index is 2.74. The minimum Gasteiger partial charge on any atom is -0.316 e. The molecular weight excluding hydrogens is 202 g/mol. The highest BCUT2D eigenvalue weighted by Crippen LogP contribution is 2.07. The molecule has 0 saturated carbocycles. The Morgan fingerprint density at radius 2 is 1.71 bits per heavy atom. The lowest BCUT2D eigenvalue weighted by Crippen LogP contribution is -2.06. The largest absolute Gasteiger partial charge is 0.316 e. The molecule has 0 unspecified atom stereocenters. The molecule has 0 aliphatic heterocycles. The van der Waals surface area contributed by atoms with Crippen LogP contribution in [-0.2, 0) is 22.1 Å². The molecule has 0 fully saturated rings. The molecule has 0 amide bonds. The highest BCUT2D eigenvalue weighted by Gasteiger charge is 2.03. The maximum absolute atomic E-state index is 11.0. The van der Waals surface area contributed by atoms with E-state index in [1.54, 1.807) is 24.3 Å². The summed E-state index contributed by atoms with van der Waals surface area (Å²) in [6.07, 6.45) is 1.20. The van der Waals surface area contributed by atoms with Gasteiger partial charge in [-0.05, 0) is 11.1 Å². The Hall–Kier alpha value is -0.910. The second-order valence-corrected chi connectivity index (χ2v) is 5.36. The monoisotopic (exact) mass is 215 g/mol. The van der Waals surface area contributed by atoms with E-state index in [1.165, 1.54) is 6.26 Å². The molecule has 1 aromatic rings. The molecule has 0 heterocycles. The van der Waals surface area contributed by atoms with Crippen molar-refractivity contribution < 1.29 is 13.6 Å². The molecule has 78 valence electrons. The van der Waals surface area contributed by atoms with Gasteiger partial charge in [0.05, 0.1) is 5.75 Å². The Labute approximate surface area is 83.4 Å². The highest BCUT2D eigenvalue weighted by atomic mass is 32.2. The van der Waals surface area contributed by atoms with E-state index in [1.807, 2.05) is 5.48 Å². The van der Waals surface area contributed by atoms with Crippen molar-refractivity contribution >= 4 is 9.84 Å². The summed E-state index contributed by atoms with van der Waals surface area (Å²) in [6, 6.07) is 7.05. The van der Waals surface area contributed by atoms with Crippen molar-refractivity contribution in [1.29, 1.82) is 0 Å². The lowest BCUT2D eigenvalue weighted by Gasteiger charge is -2.02. The second kappa shape index (κ2) is 4.54. The van der Waals surface area contributed by atoms with E-state index in [0.717, 1.165) is 11.1 Å². The van der Waals surface area contributed by atoms with Gasteiger partial charge in [0.2, 0.25) is 0 Å². The van der Waals surface area contributed by atoms with Crippen molar-refractivity contribution in [2.45, 2.75) is 12.3 Å². The molecular formula is C9H13NO3S. The molecule has 2 N–H and O–H groups in total. The third-order valence-corrected chi connectivity index (χ3v) is 2.59. The van der Waals surface area contributed by atoms with Gasteiger partial charge in [-0.3, -0.25) is 0 Å². The summed E-state index contributed by atoms with van der Waals surface area (Å²) >= 11 is 0. The van der Waals surface area contributed by atoms with Gasteiger partial charge >= 0.3 is 0 Å². The van der Waals surface area contributed by atoms with Crippen LogP contribution < -0.4 is 5.48 Å². The molecule has 4 nitrogen and oxygen atoms in total. The van der Waals surface area contributed by atoms with Crippen molar-refractivity contribution in [3.05, 3.63) is 35.4 Å². The van der Waals surface area contributed by atoms with Crippen LogP contribution in [0.1, 0.15) is 11.1 Å². The van der Waals surface area contributed by atoms with Crippen LogP contribution in [-0.4, -0.2) is 19.9 Å². The van der Waals surface area contributed by atoms with E-state index >= 15 is 0 Å². The van der Waals surface area contributed by atoms with Gasteiger partial charge in [0.15, 0.2) is 9.84 Å². The molecule has 5 heteroatoms. The summed E-state index contributed by atoms with van der Waals surface area (Å²) < 4.78 is 21.9. The molecule has 1 rings (SSSR count). The van der Waals surface area contributed by atoms with Crippen molar-refractivity contribution in [2.24, 2.45) is 0 Å². The molecule has 0 aromatic heterocycles. The normalized spacial score (nSPS) is 11.6. The second-order valence-electron chi connectivity index (χ2n) is 3.22. The van der Waals surface area contributed by atoms with E-state index in [9.17, 15) is 8.42 Å². The van der Waals surface area contributed by atoms with E-state index in [0.29, 0.717) is 6.54 Å². The number of hydrogen-bond acceptors (Lipinski definition) is 4. The van der Waals surface area contributed by atoms with Gasteiger partial charge in [-0.25, -0.2) is 13.9 Å². The molecule has 0 bridgehead atoms. The quantitative estimate of drug-likeness (QED) is 0.726. The Morgan fingerprint density at radius 3 is 2.14 bits per heavy atom. The zero-order chi connectivity index (χ0) is 10.6. The van der Waals surface area contributed by atoms with Gasteiger partial charge in [0.1, 0.15) is 0 Å². The smallest absolute Gasteiger partial charge is 0.151 e. The first-order chi connectivity index (χ1) is 6.51. The summed E-state index contributed by atoms with van der Waals surface area (Å²) in [5.41, 5.74) is 3.70.